The van der Waals surface area contributed by atoms with E-state index in [1.54, 1.807) is 35.0 Å². The number of halogens is 3. The number of carbonyl (C=O) groups excluding carboxylic acids is 2. The van der Waals surface area contributed by atoms with Gasteiger partial charge < -0.3 is 11.1 Å². The molecular formula is C29H25F3N6O4S. The summed E-state index contributed by atoms with van der Waals surface area (Å²) in [4.78, 5) is 41.0. The highest BCUT2D eigenvalue weighted by atomic mass is 32.1. The van der Waals surface area contributed by atoms with Crippen molar-refractivity contribution in [2.24, 2.45) is 23.5 Å². The van der Waals surface area contributed by atoms with Crippen molar-refractivity contribution in [3.8, 4) is 11.1 Å². The van der Waals surface area contributed by atoms with Gasteiger partial charge in [0.25, 0.3) is 11.8 Å². The van der Waals surface area contributed by atoms with Gasteiger partial charge in [0, 0.05) is 5.39 Å². The first-order chi connectivity index (χ1) is 20.4. The summed E-state index contributed by atoms with van der Waals surface area (Å²) in [5.41, 5.74) is 3.35. The van der Waals surface area contributed by atoms with Gasteiger partial charge in [0.05, 0.1) is 16.1 Å². The summed E-state index contributed by atoms with van der Waals surface area (Å²) in [6, 6.07) is 8.97. The van der Waals surface area contributed by atoms with Gasteiger partial charge in [0.2, 0.25) is 5.69 Å². The van der Waals surface area contributed by atoms with E-state index in [2.05, 4.69) is 15.4 Å². The molecule has 3 aromatic heterocycles. The van der Waals surface area contributed by atoms with Gasteiger partial charge in [-0.3, -0.25) is 24.4 Å². The number of fused-ring (bicyclic) bond motifs is 1. The Hall–Kier alpha value is -4.33. The number of benzene rings is 1. The van der Waals surface area contributed by atoms with Gasteiger partial charge in [-0.05, 0) is 73.5 Å². The van der Waals surface area contributed by atoms with Gasteiger partial charge in [0.1, 0.15) is 21.6 Å². The Kier molecular flexibility index (Phi) is 6.13. The van der Waals surface area contributed by atoms with Gasteiger partial charge >= 0.3 is 11.9 Å². The fourth-order valence-electron chi connectivity index (χ4n) is 7.80. The van der Waals surface area contributed by atoms with Crippen molar-refractivity contribution in [3.63, 3.8) is 0 Å². The van der Waals surface area contributed by atoms with E-state index in [1.165, 1.54) is 6.20 Å². The largest absolute Gasteiger partial charge is 0.433 e. The van der Waals surface area contributed by atoms with Crippen LogP contribution in [0, 0.1) is 27.9 Å². The van der Waals surface area contributed by atoms with Crippen molar-refractivity contribution in [1.82, 2.24) is 14.8 Å². The topological polar surface area (TPSA) is 146 Å². The van der Waals surface area contributed by atoms with E-state index in [0.717, 1.165) is 44.6 Å². The minimum atomic E-state index is -4.79. The molecule has 4 bridgehead atoms. The number of aromatic nitrogens is 3. The van der Waals surface area contributed by atoms with Crippen molar-refractivity contribution in [2.75, 3.05) is 5.32 Å². The number of nitrogens with zero attached hydrogens (tertiary/aromatic N) is 4. The van der Waals surface area contributed by atoms with Crippen LogP contribution < -0.4 is 11.1 Å². The number of primary amides is 1. The second kappa shape index (κ2) is 9.59. The van der Waals surface area contributed by atoms with Crippen LogP contribution in [0.4, 0.5) is 24.5 Å². The summed E-state index contributed by atoms with van der Waals surface area (Å²) >= 11 is 0.603. The molecule has 4 aliphatic rings. The van der Waals surface area contributed by atoms with Crippen molar-refractivity contribution < 1.29 is 27.7 Å². The van der Waals surface area contributed by atoms with Crippen LogP contribution in [0.2, 0.25) is 0 Å². The van der Waals surface area contributed by atoms with E-state index in [9.17, 15) is 32.9 Å². The molecule has 3 heterocycles. The Balaban J connectivity index is 1.34. The Morgan fingerprint density at radius 3 is 2.28 bits per heavy atom. The lowest BCUT2D eigenvalue weighted by Gasteiger charge is -2.56. The average molecular weight is 611 g/mol. The van der Waals surface area contributed by atoms with E-state index < -0.39 is 45.5 Å². The molecule has 8 rings (SSSR count). The Bertz CT molecular complexity index is 1780. The molecule has 10 nitrogen and oxygen atoms in total. The van der Waals surface area contributed by atoms with Crippen molar-refractivity contribution in [2.45, 2.75) is 50.2 Å². The van der Waals surface area contributed by atoms with Gasteiger partial charge in [0.15, 0.2) is 0 Å². The summed E-state index contributed by atoms with van der Waals surface area (Å²) < 4.78 is 43.0. The third-order valence-electron chi connectivity index (χ3n) is 9.10. The van der Waals surface area contributed by atoms with Crippen LogP contribution in [0.1, 0.15) is 64.4 Å². The van der Waals surface area contributed by atoms with Crippen LogP contribution in [0.25, 0.3) is 21.3 Å². The molecule has 14 heteroatoms. The third-order valence-corrected chi connectivity index (χ3v) is 10.2. The first-order valence-corrected chi connectivity index (χ1v) is 14.7. The maximum Gasteiger partial charge on any atom is 0.433 e. The van der Waals surface area contributed by atoms with E-state index in [4.69, 9.17) is 5.73 Å². The predicted molar refractivity (Wildman–Crippen MR) is 152 cm³/mol. The van der Waals surface area contributed by atoms with Crippen LogP contribution in [0.3, 0.4) is 0 Å². The summed E-state index contributed by atoms with van der Waals surface area (Å²) in [5.74, 6) is -0.413. The number of nitrogens with one attached hydrogen (secondary N) is 1. The highest BCUT2D eigenvalue weighted by molar-refractivity contribution is 7.21. The van der Waals surface area contributed by atoms with E-state index in [0.29, 0.717) is 34.7 Å². The number of nitro groups is 1. The second-order valence-electron chi connectivity index (χ2n) is 11.9. The molecule has 0 unspecified atom stereocenters. The average Bonchev–Trinajstić information content (AvgIpc) is 3.55. The molecule has 0 spiro atoms. The molecule has 3 N–H and O–H groups in total. The Morgan fingerprint density at radius 2 is 1.72 bits per heavy atom. The molecule has 222 valence electrons. The van der Waals surface area contributed by atoms with E-state index in [-0.39, 0.29) is 26.3 Å². The SMILES string of the molecule is NC(=O)c1sc2nc(C(F)(F)F)cc(-c3ccccc3)c2c1NC(=O)c1nn(C23CC4CC(CC(C4)C2)C3)cc1[N+](=O)[O-]. The number of rotatable bonds is 6. The molecule has 4 aliphatic carbocycles. The number of anilines is 1. The Labute approximate surface area is 246 Å². The van der Waals surface area contributed by atoms with Gasteiger partial charge in [-0.2, -0.15) is 18.3 Å². The van der Waals surface area contributed by atoms with Crippen molar-refractivity contribution in [1.29, 1.82) is 0 Å². The quantitative estimate of drug-likeness (QED) is 0.192. The molecule has 0 radical (unpaired) electrons. The number of nitrogens with two attached hydrogens (primary N) is 1. The first-order valence-electron chi connectivity index (χ1n) is 13.9. The van der Waals surface area contributed by atoms with Crippen LogP contribution in [-0.4, -0.2) is 31.5 Å². The number of carbonyl (C=O) groups is 2. The summed E-state index contributed by atoms with van der Waals surface area (Å²) in [5, 5.41) is 19.2. The van der Waals surface area contributed by atoms with E-state index in [1.807, 2.05) is 0 Å². The maximum atomic E-state index is 13.8. The highest BCUT2D eigenvalue weighted by Crippen LogP contribution is 2.59. The minimum absolute atomic E-state index is 0.0607. The standard InChI is InChI=1S/C29H25F3N6O4S/c30-29(31,32)20-9-18(17-4-2-1-3-5-17)21-23(24(25(33)39)43-27(21)34-20)35-26(40)22-19(38(41)42)13-37(36-22)28-10-14-6-15(11-28)8-16(7-14)12-28/h1-5,9,13-16H,6-8,10-12H2,(H2,33,39)(H,35,40). The molecule has 1 aromatic carbocycles. The molecule has 4 saturated carbocycles. The zero-order valence-corrected chi connectivity index (χ0v) is 23.4. The molecule has 4 aromatic rings. The number of alkyl halides is 3. The van der Waals surface area contributed by atoms with Gasteiger partial charge in [-0.25, -0.2) is 4.98 Å². The monoisotopic (exact) mass is 610 g/mol. The molecule has 4 fully saturated rings. The van der Waals surface area contributed by atoms with Gasteiger partial charge in [-0.1, -0.05) is 30.3 Å². The fraction of sp³-hybridized carbons (Fsp3) is 0.379. The second-order valence-corrected chi connectivity index (χ2v) is 12.9. The summed E-state index contributed by atoms with van der Waals surface area (Å²) in [7, 11) is 0. The lowest BCUT2D eigenvalue weighted by atomic mass is 9.53. The third kappa shape index (κ3) is 4.55. The normalized spacial score (nSPS) is 24.4. The molecule has 0 saturated heterocycles. The van der Waals surface area contributed by atoms with Crippen molar-refractivity contribution >= 4 is 44.7 Å². The number of thiophene rings is 1. The minimum Gasteiger partial charge on any atom is -0.365 e. The van der Waals surface area contributed by atoms with Crippen molar-refractivity contribution in [3.05, 3.63) is 69.0 Å². The molecule has 0 aliphatic heterocycles. The zero-order valence-electron chi connectivity index (χ0n) is 22.6. The molecular weight excluding hydrogens is 585 g/mol. The lowest BCUT2D eigenvalue weighted by Crippen LogP contribution is -2.52. The van der Waals surface area contributed by atoms with Gasteiger partial charge in [-0.15, -0.1) is 11.3 Å². The Morgan fingerprint density at radius 1 is 1.09 bits per heavy atom. The number of amides is 2. The number of hydrogen-bond acceptors (Lipinski definition) is 7. The van der Waals surface area contributed by atoms with Crippen LogP contribution in [0.5, 0.6) is 0 Å². The number of hydrogen-bond donors (Lipinski definition) is 2. The molecule has 2 amide bonds. The first kappa shape index (κ1) is 27.5. The molecule has 43 heavy (non-hydrogen) atoms. The van der Waals surface area contributed by atoms with Crippen LogP contribution in [0.15, 0.2) is 42.6 Å². The smallest absolute Gasteiger partial charge is 0.365 e. The van der Waals surface area contributed by atoms with Crippen LogP contribution in [-0.2, 0) is 11.7 Å². The summed E-state index contributed by atoms with van der Waals surface area (Å²) in [6.45, 7) is 0. The van der Waals surface area contributed by atoms with Crippen LogP contribution >= 0.6 is 11.3 Å². The predicted octanol–water partition coefficient (Wildman–Crippen LogP) is 6.36. The highest BCUT2D eigenvalue weighted by Gasteiger charge is 2.53. The van der Waals surface area contributed by atoms with E-state index >= 15 is 0 Å². The number of pyridine rings is 1. The molecule has 0 atom stereocenters. The summed E-state index contributed by atoms with van der Waals surface area (Å²) in [6.07, 6.45) is 2.48. The lowest BCUT2D eigenvalue weighted by molar-refractivity contribution is -0.385. The maximum absolute atomic E-state index is 13.8. The zero-order chi connectivity index (χ0) is 30.3. The fourth-order valence-corrected chi connectivity index (χ4v) is 8.81.